The number of hydrogen-bond acceptors (Lipinski definition) is 5. The molecule has 2 N–H and O–H groups in total. The lowest BCUT2D eigenvalue weighted by molar-refractivity contribution is -0.384. The van der Waals surface area contributed by atoms with Crippen molar-refractivity contribution >= 4 is 17.3 Å². The van der Waals surface area contributed by atoms with Gasteiger partial charge >= 0.3 is 0 Å². The number of nitrogens with zero attached hydrogens (tertiary/aromatic N) is 1. The number of ether oxygens (including phenoxy) is 1. The van der Waals surface area contributed by atoms with E-state index in [1.165, 1.54) is 12.1 Å². The number of nitro groups is 1. The highest BCUT2D eigenvalue weighted by Crippen LogP contribution is 2.29. The van der Waals surface area contributed by atoms with Crippen LogP contribution in [0.2, 0.25) is 0 Å². The molecule has 0 fully saturated rings. The van der Waals surface area contributed by atoms with Crippen LogP contribution in [0.3, 0.4) is 0 Å². The third kappa shape index (κ3) is 3.52. The maximum atomic E-state index is 12.3. The second-order valence-corrected chi connectivity index (χ2v) is 5.51. The smallest absolute Gasteiger partial charge is 0.293 e. The monoisotopic (exact) mass is 327 g/mol. The van der Waals surface area contributed by atoms with Gasteiger partial charge in [0.2, 0.25) is 0 Å². The highest BCUT2D eigenvalue weighted by molar-refractivity contribution is 6.02. The van der Waals surface area contributed by atoms with E-state index in [1.54, 1.807) is 6.07 Å². The number of hydrogen-bond donors (Lipinski definition) is 2. The average Bonchev–Trinajstić information content (AvgIpc) is 2.75. The van der Waals surface area contributed by atoms with E-state index in [4.69, 9.17) is 4.74 Å². The minimum atomic E-state index is -0.495. The second-order valence-electron chi connectivity index (χ2n) is 5.51. The predicted molar refractivity (Wildman–Crippen MR) is 88.9 cm³/mol. The Kier molecular flexibility index (Phi) is 4.72. The summed E-state index contributed by atoms with van der Waals surface area (Å²) < 4.78 is 5.65. The number of rotatable bonds is 5. The molecule has 124 valence electrons. The van der Waals surface area contributed by atoms with Crippen LogP contribution < -0.4 is 10.6 Å². The van der Waals surface area contributed by atoms with E-state index >= 15 is 0 Å². The van der Waals surface area contributed by atoms with Gasteiger partial charge in [-0.15, -0.1) is 0 Å². The molecule has 2 aromatic rings. The summed E-state index contributed by atoms with van der Waals surface area (Å²) in [5.41, 5.74) is 1.47. The number of nitrogens with one attached hydrogen (secondary N) is 2. The summed E-state index contributed by atoms with van der Waals surface area (Å²) in [4.78, 5) is 22.9. The van der Waals surface area contributed by atoms with E-state index in [9.17, 15) is 14.9 Å². The summed E-state index contributed by atoms with van der Waals surface area (Å²) in [6.07, 6.45) is 0. The van der Waals surface area contributed by atoms with Crippen LogP contribution in [0.4, 0.5) is 11.4 Å². The van der Waals surface area contributed by atoms with Gasteiger partial charge in [-0.2, -0.15) is 0 Å². The lowest BCUT2D eigenvalue weighted by Gasteiger charge is -2.16. The molecule has 0 bridgehead atoms. The largest absolute Gasteiger partial charge is 0.377 e. The summed E-state index contributed by atoms with van der Waals surface area (Å²) in [5, 5.41) is 16.9. The molecule has 1 amide bonds. The van der Waals surface area contributed by atoms with Crippen molar-refractivity contribution in [2.45, 2.75) is 12.6 Å². The molecule has 7 heteroatoms. The maximum Gasteiger partial charge on any atom is 0.293 e. The third-order valence-electron chi connectivity index (χ3n) is 3.77. The summed E-state index contributed by atoms with van der Waals surface area (Å²) in [6, 6.07) is 13.9. The number of carbonyl (C=O) groups is 1. The molecule has 24 heavy (non-hydrogen) atoms. The first-order valence-corrected chi connectivity index (χ1v) is 7.59. The minimum Gasteiger partial charge on any atom is -0.377 e. The van der Waals surface area contributed by atoms with Crippen molar-refractivity contribution in [3.63, 3.8) is 0 Å². The van der Waals surface area contributed by atoms with Gasteiger partial charge in [-0.25, -0.2) is 0 Å². The molecule has 1 heterocycles. The molecule has 0 aliphatic carbocycles. The normalized spacial score (nSPS) is 16.5. The molecular formula is C17H17N3O4. The van der Waals surface area contributed by atoms with Crippen LogP contribution in [-0.4, -0.2) is 30.0 Å². The van der Waals surface area contributed by atoms with E-state index < -0.39 is 4.92 Å². The Labute approximate surface area is 138 Å². The van der Waals surface area contributed by atoms with Gasteiger partial charge in [0.15, 0.2) is 0 Å². The van der Waals surface area contributed by atoms with Gasteiger partial charge in [-0.3, -0.25) is 14.9 Å². The maximum absolute atomic E-state index is 12.3. The van der Waals surface area contributed by atoms with E-state index in [0.717, 1.165) is 5.56 Å². The predicted octanol–water partition coefficient (Wildman–Crippen LogP) is 2.34. The fourth-order valence-corrected chi connectivity index (χ4v) is 2.60. The lowest BCUT2D eigenvalue weighted by Crippen LogP contribution is -2.40. The zero-order valence-corrected chi connectivity index (χ0v) is 12.9. The van der Waals surface area contributed by atoms with Crippen LogP contribution in [0.15, 0.2) is 48.5 Å². The van der Waals surface area contributed by atoms with Crippen LogP contribution in [0, 0.1) is 10.1 Å². The zero-order chi connectivity index (χ0) is 16.9. The topological polar surface area (TPSA) is 93.5 Å². The number of amides is 1. The highest BCUT2D eigenvalue weighted by Gasteiger charge is 2.27. The first-order valence-electron chi connectivity index (χ1n) is 7.59. The Hall–Kier alpha value is -2.93. The van der Waals surface area contributed by atoms with Crippen LogP contribution in [-0.2, 0) is 11.3 Å². The summed E-state index contributed by atoms with van der Waals surface area (Å²) in [7, 11) is 0. The number of benzene rings is 2. The number of anilines is 1. The van der Waals surface area contributed by atoms with Gasteiger partial charge < -0.3 is 15.4 Å². The van der Waals surface area contributed by atoms with Crippen molar-refractivity contribution in [1.29, 1.82) is 0 Å². The lowest BCUT2D eigenvalue weighted by atomic mass is 10.1. The molecule has 0 saturated heterocycles. The van der Waals surface area contributed by atoms with Crippen molar-refractivity contribution < 1.29 is 14.5 Å². The van der Waals surface area contributed by atoms with Crippen LogP contribution in [0.25, 0.3) is 0 Å². The van der Waals surface area contributed by atoms with Crippen molar-refractivity contribution in [1.82, 2.24) is 5.32 Å². The van der Waals surface area contributed by atoms with Crippen molar-refractivity contribution in [3.8, 4) is 0 Å². The van der Waals surface area contributed by atoms with E-state index in [0.29, 0.717) is 19.8 Å². The molecule has 0 radical (unpaired) electrons. The Morgan fingerprint density at radius 3 is 2.71 bits per heavy atom. The van der Waals surface area contributed by atoms with Gasteiger partial charge in [0.1, 0.15) is 5.69 Å². The van der Waals surface area contributed by atoms with Crippen molar-refractivity contribution in [2.24, 2.45) is 0 Å². The quantitative estimate of drug-likeness (QED) is 0.649. The van der Waals surface area contributed by atoms with E-state index in [-0.39, 0.29) is 28.9 Å². The van der Waals surface area contributed by atoms with Crippen LogP contribution in [0.1, 0.15) is 15.9 Å². The number of para-hydroxylation sites is 1. The number of fused-ring (bicyclic) bond motifs is 1. The molecule has 3 rings (SSSR count). The fourth-order valence-electron chi connectivity index (χ4n) is 2.60. The first-order chi connectivity index (χ1) is 11.6. The van der Waals surface area contributed by atoms with Gasteiger partial charge in [0.05, 0.1) is 29.7 Å². The third-order valence-corrected chi connectivity index (χ3v) is 3.77. The molecule has 2 aromatic carbocycles. The summed E-state index contributed by atoms with van der Waals surface area (Å²) in [6.45, 7) is 1.12. The van der Waals surface area contributed by atoms with Crippen LogP contribution >= 0.6 is 0 Å². The van der Waals surface area contributed by atoms with Crippen LogP contribution in [0.5, 0.6) is 0 Å². The van der Waals surface area contributed by atoms with E-state index in [2.05, 4.69) is 10.6 Å². The Bertz CT molecular complexity index is 749. The molecule has 1 aliphatic rings. The van der Waals surface area contributed by atoms with Crippen molar-refractivity contribution in [2.75, 3.05) is 18.5 Å². The number of nitro benzene ring substituents is 1. The van der Waals surface area contributed by atoms with Gasteiger partial charge in [-0.1, -0.05) is 36.4 Å². The van der Waals surface area contributed by atoms with Gasteiger partial charge in [0.25, 0.3) is 11.6 Å². The molecule has 7 nitrogen and oxygen atoms in total. The first kappa shape index (κ1) is 15.9. The van der Waals surface area contributed by atoms with Crippen molar-refractivity contribution in [3.05, 3.63) is 69.8 Å². The Balaban J connectivity index is 1.65. The van der Waals surface area contributed by atoms with E-state index in [1.807, 2.05) is 30.3 Å². The zero-order valence-electron chi connectivity index (χ0n) is 12.9. The Morgan fingerprint density at radius 2 is 1.96 bits per heavy atom. The average molecular weight is 327 g/mol. The van der Waals surface area contributed by atoms with Gasteiger partial charge in [-0.05, 0) is 11.6 Å². The molecule has 0 saturated carbocycles. The Morgan fingerprint density at radius 1 is 1.17 bits per heavy atom. The second kappa shape index (κ2) is 7.10. The standard InChI is InChI=1S/C17H17N3O4/c21-17-14-7-4-8-15(20(22)23)16(14)18-9-13(19-17)11-24-10-12-5-2-1-3-6-12/h1-8,13,18H,9-11H2,(H,19,21). The molecule has 1 atom stereocenters. The van der Waals surface area contributed by atoms with Gasteiger partial charge in [0, 0.05) is 12.6 Å². The number of carbonyl (C=O) groups excluding carboxylic acids is 1. The SMILES string of the molecule is O=C1NC(COCc2ccccc2)CNc2c1cccc2[N+](=O)[O-]. The molecule has 1 unspecified atom stereocenters. The molecule has 0 spiro atoms. The minimum absolute atomic E-state index is 0.103. The fraction of sp³-hybridized carbons (Fsp3) is 0.235. The molecular weight excluding hydrogens is 310 g/mol. The summed E-state index contributed by atoms with van der Waals surface area (Å²) in [5.74, 6) is -0.341. The summed E-state index contributed by atoms with van der Waals surface area (Å²) >= 11 is 0. The molecule has 0 aromatic heterocycles. The molecule has 1 aliphatic heterocycles. The highest BCUT2D eigenvalue weighted by atomic mass is 16.6.